The van der Waals surface area contributed by atoms with E-state index in [4.69, 9.17) is 0 Å². The topological polar surface area (TPSA) is 41.1 Å². The Bertz CT molecular complexity index is 360. The van der Waals surface area contributed by atoms with Gasteiger partial charge in [-0.15, -0.1) is 0 Å². The molecule has 0 saturated heterocycles. The molecule has 19 heavy (non-hydrogen) atoms. The summed E-state index contributed by atoms with van der Waals surface area (Å²) in [6, 6.07) is 7.65. The average Bonchev–Trinajstić information content (AvgIpc) is 2.42. The zero-order chi connectivity index (χ0) is 13.9. The number of amides is 1. The van der Waals surface area contributed by atoms with E-state index in [1.54, 1.807) is 0 Å². The van der Waals surface area contributed by atoms with Gasteiger partial charge < -0.3 is 10.6 Å². The zero-order valence-corrected chi connectivity index (χ0v) is 12.2. The highest BCUT2D eigenvalue weighted by atomic mass is 16.1. The van der Waals surface area contributed by atoms with Gasteiger partial charge in [-0.3, -0.25) is 4.79 Å². The molecule has 3 heteroatoms. The van der Waals surface area contributed by atoms with Crippen molar-refractivity contribution in [2.24, 2.45) is 0 Å². The zero-order valence-electron chi connectivity index (χ0n) is 12.2. The molecule has 0 atom stereocenters. The first-order chi connectivity index (χ1) is 9.24. The summed E-state index contributed by atoms with van der Waals surface area (Å²) < 4.78 is 0. The van der Waals surface area contributed by atoms with E-state index in [0.29, 0.717) is 6.54 Å². The number of carbonyl (C=O) groups excluding carboxylic acids is 1. The summed E-state index contributed by atoms with van der Waals surface area (Å²) in [4.78, 5) is 11.8. The van der Waals surface area contributed by atoms with Gasteiger partial charge >= 0.3 is 0 Å². The van der Waals surface area contributed by atoms with E-state index >= 15 is 0 Å². The van der Waals surface area contributed by atoms with Gasteiger partial charge in [0.2, 0.25) is 0 Å². The molecule has 0 saturated carbocycles. The molecule has 0 heterocycles. The van der Waals surface area contributed by atoms with E-state index in [0.717, 1.165) is 18.7 Å². The van der Waals surface area contributed by atoms with Crippen LogP contribution in [0, 0.1) is 6.92 Å². The monoisotopic (exact) mass is 262 g/mol. The fraction of sp³-hybridized carbons (Fsp3) is 0.562. The van der Waals surface area contributed by atoms with Gasteiger partial charge in [0.25, 0.3) is 5.91 Å². The molecule has 0 aliphatic rings. The van der Waals surface area contributed by atoms with Crippen LogP contribution < -0.4 is 10.6 Å². The van der Waals surface area contributed by atoms with Crippen LogP contribution in [0.15, 0.2) is 24.3 Å². The maximum absolute atomic E-state index is 11.8. The third-order valence-corrected chi connectivity index (χ3v) is 3.11. The van der Waals surface area contributed by atoms with Gasteiger partial charge in [0.05, 0.1) is 0 Å². The first-order valence-electron chi connectivity index (χ1n) is 7.29. The summed E-state index contributed by atoms with van der Waals surface area (Å²) in [7, 11) is 0. The van der Waals surface area contributed by atoms with Crippen LogP contribution in [0.3, 0.4) is 0 Å². The maximum Gasteiger partial charge on any atom is 0.251 e. The second kappa shape index (κ2) is 9.56. The lowest BCUT2D eigenvalue weighted by atomic mass is 10.1. The molecule has 0 unspecified atom stereocenters. The van der Waals surface area contributed by atoms with Crippen LogP contribution >= 0.6 is 0 Å². The van der Waals surface area contributed by atoms with Crippen LogP contribution in [-0.2, 0) is 0 Å². The van der Waals surface area contributed by atoms with E-state index in [1.807, 2.05) is 31.2 Å². The highest BCUT2D eigenvalue weighted by Gasteiger charge is 2.03. The number of aryl methyl sites for hydroxylation is 1. The Kier molecular flexibility index (Phi) is 7.91. The second-order valence-corrected chi connectivity index (χ2v) is 4.93. The molecular weight excluding hydrogens is 236 g/mol. The highest BCUT2D eigenvalue weighted by Crippen LogP contribution is 2.02. The van der Waals surface area contributed by atoms with Crippen LogP contribution in [0.1, 0.15) is 48.5 Å². The second-order valence-electron chi connectivity index (χ2n) is 4.93. The first-order valence-corrected chi connectivity index (χ1v) is 7.29. The molecule has 1 amide bonds. The Balaban J connectivity index is 2.06. The smallest absolute Gasteiger partial charge is 0.251 e. The third-order valence-electron chi connectivity index (χ3n) is 3.11. The molecule has 1 aromatic rings. The van der Waals surface area contributed by atoms with Crippen LogP contribution in [0.25, 0.3) is 0 Å². The van der Waals surface area contributed by atoms with E-state index in [-0.39, 0.29) is 5.91 Å². The highest BCUT2D eigenvalue weighted by molar-refractivity contribution is 5.94. The quantitative estimate of drug-likeness (QED) is 0.672. The van der Waals surface area contributed by atoms with E-state index in [1.165, 1.54) is 31.2 Å². The Hall–Kier alpha value is -1.35. The minimum Gasteiger partial charge on any atom is -0.351 e. The van der Waals surface area contributed by atoms with Crippen molar-refractivity contribution in [3.63, 3.8) is 0 Å². The summed E-state index contributed by atoms with van der Waals surface area (Å²) in [6.07, 6.45) is 5.09. The molecule has 1 aromatic carbocycles. The molecule has 0 spiro atoms. The van der Waals surface area contributed by atoms with Crippen molar-refractivity contribution in [1.29, 1.82) is 0 Å². The van der Waals surface area contributed by atoms with E-state index in [9.17, 15) is 4.79 Å². The van der Waals surface area contributed by atoms with Gasteiger partial charge in [0.1, 0.15) is 0 Å². The molecule has 0 bridgehead atoms. The van der Waals surface area contributed by atoms with Crippen molar-refractivity contribution in [3.8, 4) is 0 Å². The lowest BCUT2D eigenvalue weighted by Crippen LogP contribution is -2.32. The van der Waals surface area contributed by atoms with Crippen LogP contribution in [0.4, 0.5) is 0 Å². The molecule has 0 radical (unpaired) electrons. The fourth-order valence-corrected chi connectivity index (χ4v) is 1.87. The first kappa shape index (κ1) is 15.7. The third kappa shape index (κ3) is 6.97. The normalized spacial score (nSPS) is 10.4. The van der Waals surface area contributed by atoms with Gasteiger partial charge in [-0.2, -0.15) is 0 Å². The average molecular weight is 262 g/mol. The largest absolute Gasteiger partial charge is 0.351 e. The standard InChI is InChI=1S/C16H26N2O/c1-3-4-5-6-11-17-12-13-18-16(19)15-9-7-14(2)8-10-15/h7-10,17H,3-6,11-13H2,1-2H3,(H,18,19). The van der Waals surface area contributed by atoms with Crippen molar-refractivity contribution in [3.05, 3.63) is 35.4 Å². The molecule has 3 nitrogen and oxygen atoms in total. The molecule has 0 aliphatic carbocycles. The molecule has 106 valence electrons. The molecule has 0 fully saturated rings. The Morgan fingerprint density at radius 2 is 1.74 bits per heavy atom. The predicted molar refractivity (Wildman–Crippen MR) is 80.5 cm³/mol. The number of rotatable bonds is 9. The minimum absolute atomic E-state index is 0.00721. The molecule has 1 rings (SSSR count). The van der Waals surface area contributed by atoms with E-state index < -0.39 is 0 Å². The van der Waals surface area contributed by atoms with Gasteiger partial charge in [-0.1, -0.05) is 43.9 Å². The maximum atomic E-state index is 11.8. The SMILES string of the molecule is CCCCCCNCCNC(=O)c1ccc(C)cc1. The summed E-state index contributed by atoms with van der Waals surface area (Å²) in [5, 5.41) is 6.26. The number of unbranched alkanes of at least 4 members (excludes halogenated alkanes) is 3. The van der Waals surface area contributed by atoms with Crippen molar-refractivity contribution in [2.75, 3.05) is 19.6 Å². The van der Waals surface area contributed by atoms with Gasteiger partial charge in [-0.25, -0.2) is 0 Å². The summed E-state index contributed by atoms with van der Waals surface area (Å²) in [5.74, 6) is 0.00721. The lowest BCUT2D eigenvalue weighted by Gasteiger charge is -2.07. The van der Waals surface area contributed by atoms with Crippen molar-refractivity contribution in [2.45, 2.75) is 39.5 Å². The fourth-order valence-electron chi connectivity index (χ4n) is 1.87. The molecule has 0 aromatic heterocycles. The predicted octanol–water partition coefficient (Wildman–Crippen LogP) is 2.89. The summed E-state index contributed by atoms with van der Waals surface area (Å²) in [6.45, 7) is 6.79. The number of hydrogen-bond acceptors (Lipinski definition) is 2. The van der Waals surface area contributed by atoms with Crippen LogP contribution in [0.2, 0.25) is 0 Å². The number of benzene rings is 1. The Morgan fingerprint density at radius 3 is 2.42 bits per heavy atom. The van der Waals surface area contributed by atoms with E-state index in [2.05, 4.69) is 17.6 Å². The van der Waals surface area contributed by atoms with Crippen molar-refractivity contribution >= 4 is 5.91 Å². The number of carbonyl (C=O) groups is 1. The van der Waals surface area contributed by atoms with Crippen molar-refractivity contribution in [1.82, 2.24) is 10.6 Å². The molecule has 0 aliphatic heterocycles. The number of hydrogen-bond donors (Lipinski definition) is 2. The van der Waals surface area contributed by atoms with Crippen LogP contribution in [-0.4, -0.2) is 25.5 Å². The van der Waals surface area contributed by atoms with Gasteiger partial charge in [0, 0.05) is 18.7 Å². The summed E-state index contributed by atoms with van der Waals surface area (Å²) in [5.41, 5.74) is 1.90. The Labute approximate surface area is 116 Å². The Morgan fingerprint density at radius 1 is 1.00 bits per heavy atom. The van der Waals surface area contributed by atoms with Gasteiger partial charge in [-0.05, 0) is 32.0 Å². The lowest BCUT2D eigenvalue weighted by molar-refractivity contribution is 0.0954. The minimum atomic E-state index is 0.00721. The summed E-state index contributed by atoms with van der Waals surface area (Å²) >= 11 is 0. The molecule has 2 N–H and O–H groups in total. The van der Waals surface area contributed by atoms with Crippen molar-refractivity contribution < 1.29 is 4.79 Å². The molecular formula is C16H26N2O. The van der Waals surface area contributed by atoms with Crippen LogP contribution in [0.5, 0.6) is 0 Å². The van der Waals surface area contributed by atoms with Gasteiger partial charge in [0.15, 0.2) is 0 Å². The number of nitrogens with one attached hydrogen (secondary N) is 2.